The molecule has 1 N–H and O–H groups in total. The maximum atomic E-state index is 3.69. The lowest BCUT2D eigenvalue weighted by atomic mass is 10.00. The van der Waals surface area contributed by atoms with Gasteiger partial charge in [-0.1, -0.05) is 6.07 Å². The van der Waals surface area contributed by atoms with Crippen LogP contribution < -0.4 is 10.2 Å². The van der Waals surface area contributed by atoms with Crippen molar-refractivity contribution in [3.8, 4) is 0 Å². The van der Waals surface area contributed by atoms with E-state index in [9.17, 15) is 0 Å². The van der Waals surface area contributed by atoms with Crippen molar-refractivity contribution in [1.82, 2.24) is 5.32 Å². The number of nitrogens with one attached hydrogen (secondary N) is 1. The first kappa shape index (κ1) is 12.9. The van der Waals surface area contributed by atoms with Crippen LogP contribution in [0.3, 0.4) is 0 Å². The van der Waals surface area contributed by atoms with Crippen molar-refractivity contribution in [1.29, 1.82) is 0 Å². The second-order valence-corrected chi connectivity index (χ2v) is 6.42. The van der Waals surface area contributed by atoms with Crippen LogP contribution in [0.25, 0.3) is 0 Å². The summed E-state index contributed by atoms with van der Waals surface area (Å²) in [5, 5.41) is 3.39. The first-order valence-electron chi connectivity index (χ1n) is 6.15. The molecule has 1 aliphatic rings. The SMILES string of the molecule is CNC1CN(c2ccc(C)cc2Br)C(C)(C)C1. The van der Waals surface area contributed by atoms with E-state index in [2.05, 4.69) is 72.2 Å². The average Bonchev–Trinajstić information content (AvgIpc) is 2.54. The predicted octanol–water partition coefficient (Wildman–Crippen LogP) is 3.33. The van der Waals surface area contributed by atoms with E-state index >= 15 is 0 Å². The highest BCUT2D eigenvalue weighted by Crippen LogP contribution is 2.37. The monoisotopic (exact) mass is 296 g/mol. The minimum atomic E-state index is 0.214. The highest BCUT2D eigenvalue weighted by Gasteiger charge is 2.38. The van der Waals surface area contributed by atoms with Gasteiger partial charge >= 0.3 is 0 Å². The number of anilines is 1. The number of hydrogen-bond donors (Lipinski definition) is 1. The molecule has 1 aromatic rings. The van der Waals surface area contributed by atoms with E-state index in [1.165, 1.54) is 22.1 Å². The standard InChI is InChI=1S/C14H21BrN2/c1-10-5-6-13(12(15)7-10)17-9-11(16-4)8-14(17,2)3/h5-7,11,16H,8-9H2,1-4H3. The number of nitrogens with zero attached hydrogens (tertiary/aromatic N) is 1. The molecule has 0 amide bonds. The molecule has 2 rings (SSSR count). The third kappa shape index (κ3) is 2.50. The summed E-state index contributed by atoms with van der Waals surface area (Å²) < 4.78 is 1.20. The second kappa shape index (κ2) is 4.62. The number of halogens is 1. The Morgan fingerprint density at radius 2 is 2.12 bits per heavy atom. The lowest BCUT2D eigenvalue weighted by Crippen LogP contribution is -2.38. The molecule has 1 fully saturated rings. The van der Waals surface area contributed by atoms with Crippen LogP contribution in [-0.2, 0) is 0 Å². The minimum Gasteiger partial charge on any atom is -0.364 e. The Balaban J connectivity index is 2.33. The fourth-order valence-corrected chi connectivity index (χ4v) is 3.40. The zero-order valence-electron chi connectivity index (χ0n) is 11.0. The van der Waals surface area contributed by atoms with E-state index in [1.807, 2.05) is 0 Å². The minimum absolute atomic E-state index is 0.214. The molecule has 1 aromatic carbocycles. The second-order valence-electron chi connectivity index (χ2n) is 5.57. The highest BCUT2D eigenvalue weighted by molar-refractivity contribution is 9.10. The van der Waals surface area contributed by atoms with Crippen LogP contribution in [0.15, 0.2) is 22.7 Å². The molecule has 1 atom stereocenters. The van der Waals surface area contributed by atoms with Crippen molar-refractivity contribution in [3.63, 3.8) is 0 Å². The van der Waals surface area contributed by atoms with Crippen molar-refractivity contribution in [2.75, 3.05) is 18.5 Å². The van der Waals surface area contributed by atoms with Gasteiger partial charge in [0.1, 0.15) is 0 Å². The Morgan fingerprint density at radius 3 is 2.65 bits per heavy atom. The van der Waals surface area contributed by atoms with Gasteiger partial charge in [-0.15, -0.1) is 0 Å². The Morgan fingerprint density at radius 1 is 1.41 bits per heavy atom. The third-order valence-electron chi connectivity index (χ3n) is 3.68. The van der Waals surface area contributed by atoms with Crippen molar-refractivity contribution < 1.29 is 0 Å². The van der Waals surface area contributed by atoms with Gasteiger partial charge in [0, 0.05) is 22.6 Å². The molecule has 1 saturated heterocycles. The molecule has 94 valence electrons. The van der Waals surface area contributed by atoms with Crippen LogP contribution in [0.1, 0.15) is 25.8 Å². The summed E-state index contributed by atoms with van der Waals surface area (Å²) in [4.78, 5) is 2.50. The summed E-state index contributed by atoms with van der Waals surface area (Å²) in [6.45, 7) is 7.83. The fraction of sp³-hybridized carbons (Fsp3) is 0.571. The molecule has 0 bridgehead atoms. The van der Waals surface area contributed by atoms with Crippen LogP contribution in [0, 0.1) is 6.92 Å². The summed E-state index contributed by atoms with van der Waals surface area (Å²) in [6, 6.07) is 7.18. The van der Waals surface area contributed by atoms with Crippen LogP contribution in [0.5, 0.6) is 0 Å². The van der Waals surface area contributed by atoms with Gasteiger partial charge in [0.05, 0.1) is 5.69 Å². The number of aryl methyl sites for hydroxylation is 1. The Bertz CT molecular complexity index is 415. The summed E-state index contributed by atoms with van der Waals surface area (Å²) in [6.07, 6.45) is 1.18. The highest BCUT2D eigenvalue weighted by atomic mass is 79.9. The van der Waals surface area contributed by atoms with E-state index in [-0.39, 0.29) is 5.54 Å². The zero-order chi connectivity index (χ0) is 12.6. The molecular formula is C14H21BrN2. The van der Waals surface area contributed by atoms with Crippen molar-refractivity contribution >= 4 is 21.6 Å². The molecule has 0 spiro atoms. The molecular weight excluding hydrogens is 276 g/mol. The van der Waals surface area contributed by atoms with Crippen molar-refractivity contribution in [2.24, 2.45) is 0 Å². The third-order valence-corrected chi connectivity index (χ3v) is 4.32. The lowest BCUT2D eigenvalue weighted by Gasteiger charge is -2.34. The Hall–Kier alpha value is -0.540. The van der Waals surface area contributed by atoms with Crippen LogP contribution in [0.2, 0.25) is 0 Å². The van der Waals surface area contributed by atoms with E-state index in [4.69, 9.17) is 0 Å². The van der Waals surface area contributed by atoms with E-state index in [0.717, 1.165) is 6.54 Å². The topological polar surface area (TPSA) is 15.3 Å². The van der Waals surface area contributed by atoms with Gasteiger partial charge in [-0.05, 0) is 67.9 Å². The van der Waals surface area contributed by atoms with Crippen molar-refractivity contribution in [2.45, 2.75) is 38.8 Å². The van der Waals surface area contributed by atoms with Crippen molar-refractivity contribution in [3.05, 3.63) is 28.2 Å². The quantitative estimate of drug-likeness (QED) is 0.900. The summed E-state index contributed by atoms with van der Waals surface area (Å²) in [5.74, 6) is 0. The molecule has 1 heterocycles. The molecule has 2 nitrogen and oxygen atoms in total. The number of hydrogen-bond acceptors (Lipinski definition) is 2. The van der Waals surface area contributed by atoms with Crippen LogP contribution in [-0.4, -0.2) is 25.2 Å². The molecule has 0 saturated carbocycles. The maximum absolute atomic E-state index is 3.69. The molecule has 3 heteroatoms. The molecule has 0 aliphatic carbocycles. The molecule has 17 heavy (non-hydrogen) atoms. The summed E-state index contributed by atoms with van der Waals surface area (Å²) >= 11 is 3.69. The Kier molecular flexibility index (Phi) is 3.50. The van der Waals surface area contributed by atoms with Gasteiger partial charge in [-0.25, -0.2) is 0 Å². The number of rotatable bonds is 2. The molecule has 0 aromatic heterocycles. The van der Waals surface area contributed by atoms with Gasteiger partial charge in [0.25, 0.3) is 0 Å². The average molecular weight is 297 g/mol. The molecule has 1 unspecified atom stereocenters. The first-order chi connectivity index (χ1) is 7.94. The normalized spacial score (nSPS) is 23.1. The summed E-state index contributed by atoms with van der Waals surface area (Å²) in [7, 11) is 2.05. The van der Waals surface area contributed by atoms with Crippen LogP contribution >= 0.6 is 15.9 Å². The summed E-state index contributed by atoms with van der Waals surface area (Å²) in [5.41, 5.74) is 2.81. The van der Waals surface area contributed by atoms with E-state index < -0.39 is 0 Å². The van der Waals surface area contributed by atoms with Gasteiger partial charge in [-0.2, -0.15) is 0 Å². The fourth-order valence-electron chi connectivity index (χ4n) is 2.69. The van der Waals surface area contributed by atoms with Gasteiger partial charge < -0.3 is 10.2 Å². The van der Waals surface area contributed by atoms with Gasteiger partial charge in [0.15, 0.2) is 0 Å². The lowest BCUT2D eigenvalue weighted by molar-refractivity contribution is 0.487. The largest absolute Gasteiger partial charge is 0.364 e. The number of likely N-dealkylation sites (N-methyl/N-ethyl adjacent to an activating group) is 1. The van der Waals surface area contributed by atoms with Gasteiger partial charge in [0.2, 0.25) is 0 Å². The Labute approximate surface area is 113 Å². The molecule has 1 aliphatic heterocycles. The number of benzene rings is 1. The predicted molar refractivity (Wildman–Crippen MR) is 77.8 cm³/mol. The smallest absolute Gasteiger partial charge is 0.0515 e. The van der Waals surface area contributed by atoms with Gasteiger partial charge in [-0.3, -0.25) is 0 Å². The maximum Gasteiger partial charge on any atom is 0.0515 e. The zero-order valence-corrected chi connectivity index (χ0v) is 12.6. The van der Waals surface area contributed by atoms with E-state index in [1.54, 1.807) is 0 Å². The molecule has 0 radical (unpaired) electrons. The first-order valence-corrected chi connectivity index (χ1v) is 6.94. The van der Waals surface area contributed by atoms with E-state index in [0.29, 0.717) is 6.04 Å². The van der Waals surface area contributed by atoms with Crippen LogP contribution in [0.4, 0.5) is 5.69 Å².